The van der Waals surface area contributed by atoms with E-state index in [0.717, 1.165) is 63.8 Å². The Hall–Kier alpha value is -1.10. The highest BCUT2D eigenvalue weighted by atomic mass is 16.5. The Morgan fingerprint density at radius 1 is 1.17 bits per heavy atom. The van der Waals surface area contributed by atoms with Gasteiger partial charge in [0.1, 0.15) is 5.75 Å². The predicted octanol–water partition coefficient (Wildman–Crippen LogP) is 2.99. The molecule has 0 radical (unpaired) electrons. The Morgan fingerprint density at radius 3 is 2.71 bits per heavy atom. The number of benzene rings is 1. The van der Waals surface area contributed by atoms with E-state index in [-0.39, 0.29) is 5.60 Å². The van der Waals surface area contributed by atoms with Gasteiger partial charge in [-0.25, -0.2) is 0 Å². The van der Waals surface area contributed by atoms with Gasteiger partial charge in [-0.15, -0.1) is 0 Å². The van der Waals surface area contributed by atoms with Gasteiger partial charge >= 0.3 is 0 Å². The molecule has 24 heavy (non-hydrogen) atoms. The highest BCUT2D eigenvalue weighted by Crippen LogP contribution is 2.42. The summed E-state index contributed by atoms with van der Waals surface area (Å²) in [5.41, 5.74) is 2.75. The maximum Gasteiger partial charge on any atom is 0.119 e. The van der Waals surface area contributed by atoms with Gasteiger partial charge in [0.25, 0.3) is 0 Å². The third kappa shape index (κ3) is 3.19. The van der Waals surface area contributed by atoms with E-state index < -0.39 is 0 Å². The molecular formula is C20H29NO3. The van der Waals surface area contributed by atoms with Crippen molar-refractivity contribution in [3.63, 3.8) is 0 Å². The van der Waals surface area contributed by atoms with Gasteiger partial charge in [0.15, 0.2) is 0 Å². The summed E-state index contributed by atoms with van der Waals surface area (Å²) in [5, 5.41) is 0. The maximum atomic E-state index is 6.36. The first-order chi connectivity index (χ1) is 11.8. The largest absolute Gasteiger partial charge is 0.497 e. The van der Waals surface area contributed by atoms with Gasteiger partial charge in [-0.3, -0.25) is 0 Å². The summed E-state index contributed by atoms with van der Waals surface area (Å²) in [4.78, 5) is 2.64. The second-order valence-electron chi connectivity index (χ2n) is 7.47. The lowest BCUT2D eigenvalue weighted by Crippen LogP contribution is -2.48. The predicted molar refractivity (Wildman–Crippen MR) is 93.5 cm³/mol. The topological polar surface area (TPSA) is 30.9 Å². The van der Waals surface area contributed by atoms with Crippen molar-refractivity contribution < 1.29 is 14.2 Å². The fourth-order valence-corrected chi connectivity index (χ4v) is 4.59. The summed E-state index contributed by atoms with van der Waals surface area (Å²) in [6.45, 7) is 6.24. The van der Waals surface area contributed by atoms with E-state index in [9.17, 15) is 0 Å². The van der Waals surface area contributed by atoms with Crippen molar-refractivity contribution in [2.45, 2.75) is 37.7 Å². The summed E-state index contributed by atoms with van der Waals surface area (Å²) in [6, 6.07) is 6.53. The minimum Gasteiger partial charge on any atom is -0.497 e. The fourth-order valence-electron chi connectivity index (χ4n) is 4.59. The zero-order chi connectivity index (χ0) is 16.4. The molecule has 4 rings (SSSR count). The van der Waals surface area contributed by atoms with Crippen molar-refractivity contribution >= 4 is 0 Å². The molecule has 3 heterocycles. The number of piperidine rings is 1. The zero-order valence-electron chi connectivity index (χ0n) is 14.8. The van der Waals surface area contributed by atoms with E-state index in [1.807, 2.05) is 0 Å². The van der Waals surface area contributed by atoms with Crippen LogP contribution >= 0.6 is 0 Å². The molecule has 0 saturated carbocycles. The van der Waals surface area contributed by atoms with Crippen molar-refractivity contribution in [1.29, 1.82) is 0 Å². The van der Waals surface area contributed by atoms with Crippen LogP contribution in [0.3, 0.4) is 0 Å². The van der Waals surface area contributed by atoms with Crippen molar-refractivity contribution in [2.75, 3.05) is 46.6 Å². The Labute approximate surface area is 145 Å². The summed E-state index contributed by atoms with van der Waals surface area (Å²) >= 11 is 0. The second kappa shape index (κ2) is 7.03. The number of ether oxygens (including phenoxy) is 3. The van der Waals surface area contributed by atoms with Gasteiger partial charge in [0.05, 0.1) is 19.3 Å². The fraction of sp³-hybridized carbons (Fsp3) is 0.700. The normalized spacial score (nSPS) is 24.7. The van der Waals surface area contributed by atoms with Crippen LogP contribution in [0, 0.1) is 5.92 Å². The monoisotopic (exact) mass is 331 g/mol. The molecule has 0 aliphatic carbocycles. The number of rotatable bonds is 3. The van der Waals surface area contributed by atoms with Gasteiger partial charge in [-0.1, -0.05) is 6.07 Å². The molecule has 0 atom stereocenters. The van der Waals surface area contributed by atoms with Crippen LogP contribution in [0.1, 0.15) is 36.8 Å². The number of methoxy groups -OCH3 is 1. The van der Waals surface area contributed by atoms with E-state index in [1.165, 1.54) is 30.5 Å². The van der Waals surface area contributed by atoms with E-state index in [4.69, 9.17) is 14.2 Å². The molecule has 0 bridgehead atoms. The van der Waals surface area contributed by atoms with Gasteiger partial charge < -0.3 is 19.1 Å². The van der Waals surface area contributed by atoms with Crippen molar-refractivity contribution in [3.05, 3.63) is 29.3 Å². The van der Waals surface area contributed by atoms with Crippen LogP contribution in [0.4, 0.5) is 0 Å². The van der Waals surface area contributed by atoms with E-state index in [0.29, 0.717) is 0 Å². The first-order valence-corrected chi connectivity index (χ1v) is 9.40. The maximum absolute atomic E-state index is 6.36. The first kappa shape index (κ1) is 16.4. The standard InChI is InChI=1S/C20H29NO3/c1-22-18-2-3-19-17(14-18)6-13-24-20(19)7-9-21(10-8-20)15-16-4-11-23-12-5-16/h2-3,14,16H,4-13,15H2,1H3. The Morgan fingerprint density at radius 2 is 1.96 bits per heavy atom. The highest BCUT2D eigenvalue weighted by Gasteiger charge is 2.41. The third-order valence-electron chi connectivity index (χ3n) is 6.07. The molecular weight excluding hydrogens is 302 g/mol. The second-order valence-corrected chi connectivity index (χ2v) is 7.47. The van der Waals surface area contributed by atoms with Crippen LogP contribution in [0.15, 0.2) is 18.2 Å². The minimum absolute atomic E-state index is 0.0635. The van der Waals surface area contributed by atoms with Gasteiger partial charge in [-0.05, 0) is 61.3 Å². The lowest BCUT2D eigenvalue weighted by Gasteiger charge is -2.46. The summed E-state index contributed by atoms with van der Waals surface area (Å²) in [6.07, 6.45) is 5.66. The third-order valence-corrected chi connectivity index (χ3v) is 6.07. The minimum atomic E-state index is -0.0635. The molecule has 0 N–H and O–H groups in total. The Balaban J connectivity index is 1.43. The number of hydrogen-bond donors (Lipinski definition) is 0. The van der Waals surface area contributed by atoms with Crippen LogP contribution in [0.5, 0.6) is 5.75 Å². The number of likely N-dealkylation sites (tertiary alicyclic amines) is 1. The molecule has 4 nitrogen and oxygen atoms in total. The van der Waals surface area contributed by atoms with E-state index >= 15 is 0 Å². The number of nitrogens with zero attached hydrogens (tertiary/aromatic N) is 1. The lowest BCUT2D eigenvalue weighted by molar-refractivity contribution is -0.100. The van der Waals surface area contributed by atoms with Crippen LogP contribution in [0.25, 0.3) is 0 Å². The number of fused-ring (bicyclic) bond motifs is 2. The average Bonchev–Trinajstić information content (AvgIpc) is 2.64. The van der Waals surface area contributed by atoms with Crippen LogP contribution in [-0.4, -0.2) is 51.5 Å². The quantitative estimate of drug-likeness (QED) is 0.852. The number of hydrogen-bond acceptors (Lipinski definition) is 4. The smallest absolute Gasteiger partial charge is 0.119 e. The molecule has 1 aromatic carbocycles. The molecule has 4 heteroatoms. The van der Waals surface area contributed by atoms with Crippen molar-refractivity contribution in [2.24, 2.45) is 5.92 Å². The lowest BCUT2D eigenvalue weighted by atomic mass is 9.79. The molecule has 2 fully saturated rings. The zero-order valence-corrected chi connectivity index (χ0v) is 14.8. The molecule has 0 unspecified atom stereocenters. The summed E-state index contributed by atoms with van der Waals surface area (Å²) in [7, 11) is 1.74. The van der Waals surface area contributed by atoms with Gasteiger partial charge in [-0.2, -0.15) is 0 Å². The molecule has 1 spiro atoms. The molecule has 3 aliphatic rings. The van der Waals surface area contributed by atoms with Crippen molar-refractivity contribution in [3.8, 4) is 5.75 Å². The highest BCUT2D eigenvalue weighted by molar-refractivity contribution is 5.41. The van der Waals surface area contributed by atoms with Crippen LogP contribution < -0.4 is 4.74 Å². The molecule has 0 aromatic heterocycles. The van der Waals surface area contributed by atoms with Crippen LogP contribution in [0.2, 0.25) is 0 Å². The molecule has 132 valence electrons. The Bertz CT molecular complexity index is 560. The molecule has 0 amide bonds. The molecule has 3 aliphatic heterocycles. The van der Waals surface area contributed by atoms with Crippen molar-refractivity contribution in [1.82, 2.24) is 4.90 Å². The molecule has 2 saturated heterocycles. The van der Waals surface area contributed by atoms with Gasteiger partial charge in [0.2, 0.25) is 0 Å². The molecule has 1 aromatic rings. The van der Waals surface area contributed by atoms with E-state index in [1.54, 1.807) is 7.11 Å². The van der Waals surface area contributed by atoms with E-state index in [2.05, 4.69) is 23.1 Å². The Kier molecular flexibility index (Phi) is 4.79. The van der Waals surface area contributed by atoms with Crippen LogP contribution in [-0.2, 0) is 21.5 Å². The summed E-state index contributed by atoms with van der Waals surface area (Å²) < 4.78 is 17.2. The average molecular weight is 331 g/mol. The SMILES string of the molecule is COc1ccc2c(c1)CCOC21CCN(CC2CCOCC2)CC1. The van der Waals surface area contributed by atoms with Gasteiger partial charge in [0, 0.05) is 32.8 Å². The summed E-state index contributed by atoms with van der Waals surface area (Å²) in [5.74, 6) is 1.78. The first-order valence-electron chi connectivity index (χ1n) is 9.40.